The normalized spacial score (nSPS) is 15.7. The summed E-state index contributed by atoms with van der Waals surface area (Å²) in [5.74, 6) is 0.0969. The van der Waals surface area contributed by atoms with Crippen molar-refractivity contribution in [2.45, 2.75) is 4.90 Å². The number of likely N-dealkylation sites (N-methyl/N-ethyl adjacent to an activating group) is 1. The molecule has 0 radical (unpaired) electrons. The Hall–Kier alpha value is -1.67. The van der Waals surface area contributed by atoms with Gasteiger partial charge in [0.25, 0.3) is 0 Å². The van der Waals surface area contributed by atoms with Crippen LogP contribution in [0.25, 0.3) is 0 Å². The zero-order valence-corrected chi connectivity index (χ0v) is 11.3. The molecule has 0 bridgehead atoms. The number of thioether (sulfide) groups is 1. The van der Waals surface area contributed by atoms with Gasteiger partial charge < -0.3 is 9.80 Å². The van der Waals surface area contributed by atoms with Gasteiger partial charge in [0.15, 0.2) is 0 Å². The van der Waals surface area contributed by atoms with Gasteiger partial charge in [-0.1, -0.05) is 6.07 Å². The van der Waals surface area contributed by atoms with Gasteiger partial charge in [0, 0.05) is 25.0 Å². The molecule has 5 heteroatoms. The molecule has 1 aromatic rings. The molecule has 0 aliphatic carbocycles. The average Bonchev–Trinajstić information content (AvgIpc) is 2.40. The number of nitrogens with zero attached hydrogens (tertiary/aromatic N) is 3. The molecule has 1 aliphatic heterocycles. The maximum absolute atomic E-state index is 11.7. The monoisotopic (exact) mass is 261 g/mol. The van der Waals surface area contributed by atoms with Crippen LogP contribution in [0.15, 0.2) is 23.1 Å². The van der Waals surface area contributed by atoms with E-state index in [9.17, 15) is 10.1 Å². The summed E-state index contributed by atoms with van der Waals surface area (Å²) in [6.07, 6.45) is 1.95. The number of piperazine rings is 1. The molecule has 1 heterocycles. The van der Waals surface area contributed by atoms with Crippen molar-refractivity contribution in [3.63, 3.8) is 0 Å². The first-order valence-corrected chi connectivity index (χ1v) is 6.96. The van der Waals surface area contributed by atoms with Crippen molar-refractivity contribution in [2.24, 2.45) is 0 Å². The summed E-state index contributed by atoms with van der Waals surface area (Å²) < 4.78 is 0. The summed E-state index contributed by atoms with van der Waals surface area (Å²) in [5.41, 5.74) is 1.54. The summed E-state index contributed by atoms with van der Waals surface area (Å²) in [7, 11) is 1.81. The lowest BCUT2D eigenvalue weighted by Gasteiger charge is -2.34. The number of carbonyl (C=O) groups is 1. The molecule has 4 nitrogen and oxygen atoms in total. The fraction of sp³-hybridized carbons (Fsp3) is 0.385. The van der Waals surface area contributed by atoms with Crippen LogP contribution in [0, 0.1) is 11.3 Å². The number of hydrogen-bond acceptors (Lipinski definition) is 4. The van der Waals surface area contributed by atoms with Crippen LogP contribution in [0.3, 0.4) is 0 Å². The highest BCUT2D eigenvalue weighted by atomic mass is 32.2. The van der Waals surface area contributed by atoms with Gasteiger partial charge in [-0.25, -0.2) is 0 Å². The predicted octanol–water partition coefficient (Wildman–Crippen LogP) is 1.56. The third kappa shape index (κ3) is 2.29. The third-order valence-electron chi connectivity index (χ3n) is 3.13. The molecule has 0 aromatic heterocycles. The van der Waals surface area contributed by atoms with Crippen LogP contribution in [0.5, 0.6) is 0 Å². The van der Waals surface area contributed by atoms with E-state index in [1.807, 2.05) is 36.4 Å². The first kappa shape index (κ1) is 12.8. The maximum atomic E-state index is 11.7. The van der Waals surface area contributed by atoms with Crippen LogP contribution in [-0.2, 0) is 4.79 Å². The van der Waals surface area contributed by atoms with E-state index in [-0.39, 0.29) is 5.91 Å². The molecule has 0 N–H and O–H groups in total. The number of amides is 1. The Morgan fingerprint density at radius 1 is 1.39 bits per heavy atom. The summed E-state index contributed by atoms with van der Waals surface area (Å²) in [6.45, 7) is 1.82. The third-order valence-corrected chi connectivity index (χ3v) is 3.91. The zero-order chi connectivity index (χ0) is 13.1. The molecule has 94 valence electrons. The van der Waals surface area contributed by atoms with Crippen molar-refractivity contribution in [2.75, 3.05) is 37.8 Å². The second-order valence-corrected chi connectivity index (χ2v) is 5.05. The van der Waals surface area contributed by atoms with Crippen LogP contribution in [0.2, 0.25) is 0 Å². The Kier molecular flexibility index (Phi) is 3.78. The summed E-state index contributed by atoms with van der Waals surface area (Å²) in [4.78, 5) is 16.4. The van der Waals surface area contributed by atoms with Crippen molar-refractivity contribution in [1.82, 2.24) is 4.90 Å². The summed E-state index contributed by atoms with van der Waals surface area (Å²) in [6, 6.07) is 8.04. The molecule has 0 saturated carbocycles. The van der Waals surface area contributed by atoms with E-state index in [2.05, 4.69) is 6.07 Å². The number of rotatable bonds is 2. The molecule has 2 rings (SSSR count). The number of benzene rings is 1. The quantitative estimate of drug-likeness (QED) is 0.758. The highest BCUT2D eigenvalue weighted by Gasteiger charge is 2.23. The van der Waals surface area contributed by atoms with Gasteiger partial charge in [0.1, 0.15) is 6.07 Å². The van der Waals surface area contributed by atoms with Crippen molar-refractivity contribution >= 4 is 23.4 Å². The highest BCUT2D eigenvalue weighted by Crippen LogP contribution is 2.29. The first-order chi connectivity index (χ1) is 8.67. The number of carbonyl (C=O) groups excluding carboxylic acids is 1. The predicted molar refractivity (Wildman–Crippen MR) is 72.8 cm³/mol. The Morgan fingerprint density at radius 3 is 2.78 bits per heavy atom. The minimum absolute atomic E-state index is 0.0969. The smallest absolute Gasteiger partial charge is 0.241 e. The van der Waals surface area contributed by atoms with Crippen LogP contribution in [0.4, 0.5) is 5.69 Å². The number of nitriles is 1. The lowest BCUT2D eigenvalue weighted by atomic mass is 10.1. The lowest BCUT2D eigenvalue weighted by molar-refractivity contribution is -0.129. The van der Waals surface area contributed by atoms with Gasteiger partial charge in [0.05, 0.1) is 17.8 Å². The molecular formula is C13H15N3OS. The number of anilines is 1. The van der Waals surface area contributed by atoms with E-state index in [0.717, 1.165) is 17.1 Å². The second kappa shape index (κ2) is 5.32. The van der Waals surface area contributed by atoms with Crippen LogP contribution in [0.1, 0.15) is 5.56 Å². The Labute approximate surface area is 111 Å². The Bertz CT molecular complexity index is 509. The van der Waals surface area contributed by atoms with E-state index in [4.69, 9.17) is 0 Å². The van der Waals surface area contributed by atoms with E-state index in [1.165, 1.54) is 0 Å². The molecule has 0 atom stereocenters. The van der Waals surface area contributed by atoms with Crippen molar-refractivity contribution in [3.05, 3.63) is 23.8 Å². The fourth-order valence-corrected chi connectivity index (χ4v) is 2.60. The molecule has 1 fully saturated rings. The van der Waals surface area contributed by atoms with Gasteiger partial charge in [-0.3, -0.25) is 4.79 Å². The molecule has 1 aromatic carbocycles. The second-order valence-electron chi connectivity index (χ2n) is 4.20. The van der Waals surface area contributed by atoms with E-state index in [1.54, 1.807) is 16.7 Å². The zero-order valence-electron chi connectivity index (χ0n) is 10.5. The summed E-state index contributed by atoms with van der Waals surface area (Å²) >= 11 is 1.55. The van der Waals surface area contributed by atoms with Crippen molar-refractivity contribution in [1.29, 1.82) is 5.26 Å². The SMILES string of the molecule is CSc1cccc(N2CCN(C)C(=O)C2)c1C#N. The summed E-state index contributed by atoms with van der Waals surface area (Å²) in [5, 5.41) is 9.29. The average molecular weight is 261 g/mol. The Morgan fingerprint density at radius 2 is 2.17 bits per heavy atom. The van der Waals surface area contributed by atoms with E-state index in [0.29, 0.717) is 18.7 Å². The van der Waals surface area contributed by atoms with Crippen LogP contribution in [-0.4, -0.2) is 43.7 Å². The molecule has 0 unspecified atom stereocenters. The minimum Gasteiger partial charge on any atom is -0.359 e. The van der Waals surface area contributed by atoms with Gasteiger partial charge >= 0.3 is 0 Å². The van der Waals surface area contributed by atoms with Gasteiger partial charge in [-0.2, -0.15) is 5.26 Å². The maximum Gasteiger partial charge on any atom is 0.241 e. The van der Waals surface area contributed by atoms with Crippen LogP contribution < -0.4 is 4.90 Å². The molecular weight excluding hydrogens is 246 g/mol. The first-order valence-electron chi connectivity index (χ1n) is 5.73. The van der Waals surface area contributed by atoms with Crippen molar-refractivity contribution in [3.8, 4) is 6.07 Å². The molecule has 1 amide bonds. The topological polar surface area (TPSA) is 47.3 Å². The van der Waals surface area contributed by atoms with Gasteiger partial charge in [-0.15, -0.1) is 11.8 Å². The molecule has 1 aliphatic rings. The largest absolute Gasteiger partial charge is 0.359 e. The van der Waals surface area contributed by atoms with Crippen LogP contribution >= 0.6 is 11.8 Å². The van der Waals surface area contributed by atoms with E-state index < -0.39 is 0 Å². The van der Waals surface area contributed by atoms with Gasteiger partial charge in [-0.05, 0) is 18.4 Å². The lowest BCUT2D eigenvalue weighted by Crippen LogP contribution is -2.48. The van der Waals surface area contributed by atoms with E-state index >= 15 is 0 Å². The van der Waals surface area contributed by atoms with Gasteiger partial charge in [0.2, 0.25) is 5.91 Å². The van der Waals surface area contributed by atoms with Crippen molar-refractivity contribution < 1.29 is 4.79 Å². The minimum atomic E-state index is 0.0969. The number of hydrogen-bond donors (Lipinski definition) is 0. The Balaban J connectivity index is 2.34. The molecule has 18 heavy (non-hydrogen) atoms. The standard InChI is InChI=1S/C13H15N3OS/c1-15-6-7-16(9-13(15)17)11-4-3-5-12(18-2)10(11)8-14/h3-5H,6-7,9H2,1-2H3. The molecule has 0 spiro atoms. The highest BCUT2D eigenvalue weighted by molar-refractivity contribution is 7.98. The fourth-order valence-electron chi connectivity index (χ4n) is 2.03. The molecule has 1 saturated heterocycles.